The molecule has 2 aliphatic carbocycles. The van der Waals surface area contributed by atoms with Crippen molar-refractivity contribution in [2.24, 2.45) is 11.8 Å². The van der Waals surface area contributed by atoms with Crippen molar-refractivity contribution in [3.05, 3.63) is 0 Å². The molecule has 0 aliphatic heterocycles. The van der Waals surface area contributed by atoms with Crippen LogP contribution >= 0.6 is 0 Å². The zero-order valence-corrected chi connectivity index (χ0v) is 12.6. The smallest absolute Gasteiger partial charge is 0.0897 e. The first-order valence-corrected chi connectivity index (χ1v) is 8.18. The highest BCUT2D eigenvalue weighted by molar-refractivity contribution is 4.79. The van der Waals surface area contributed by atoms with Gasteiger partial charge in [-0.3, -0.25) is 0 Å². The molecule has 2 N–H and O–H groups in total. The molecule has 3 heteroatoms. The maximum Gasteiger partial charge on any atom is 0.0897 e. The molecule has 4 unspecified atom stereocenters. The SMILES string of the molecule is CC(CC1CC1)NCC(O)COC1CCCCC1C. The third-order valence-corrected chi connectivity index (χ3v) is 4.62. The number of ether oxygens (including phenoxy) is 1. The van der Waals surface area contributed by atoms with Crippen LogP contribution in [0.1, 0.15) is 58.8 Å². The van der Waals surface area contributed by atoms with E-state index in [0.29, 0.717) is 31.2 Å². The maximum atomic E-state index is 9.98. The van der Waals surface area contributed by atoms with Crippen molar-refractivity contribution >= 4 is 0 Å². The number of aliphatic hydroxyl groups excluding tert-OH is 1. The van der Waals surface area contributed by atoms with Crippen LogP contribution in [0.3, 0.4) is 0 Å². The molecule has 3 nitrogen and oxygen atoms in total. The molecular formula is C16H31NO2. The highest BCUT2D eigenvalue weighted by Crippen LogP contribution is 2.33. The Morgan fingerprint density at radius 2 is 1.95 bits per heavy atom. The molecule has 4 atom stereocenters. The average molecular weight is 269 g/mol. The van der Waals surface area contributed by atoms with Gasteiger partial charge < -0.3 is 15.2 Å². The highest BCUT2D eigenvalue weighted by Gasteiger charge is 2.24. The van der Waals surface area contributed by atoms with Crippen molar-refractivity contribution in [1.82, 2.24) is 5.32 Å². The predicted octanol–water partition coefficient (Wildman–Crippen LogP) is 2.72. The second kappa shape index (κ2) is 7.61. The fourth-order valence-electron chi connectivity index (χ4n) is 3.10. The van der Waals surface area contributed by atoms with E-state index in [1.165, 1.54) is 44.9 Å². The van der Waals surface area contributed by atoms with Gasteiger partial charge in [0.15, 0.2) is 0 Å². The molecule has 0 radical (unpaired) electrons. The van der Waals surface area contributed by atoms with Crippen LogP contribution in [0.25, 0.3) is 0 Å². The van der Waals surface area contributed by atoms with Crippen molar-refractivity contribution in [3.63, 3.8) is 0 Å². The van der Waals surface area contributed by atoms with Gasteiger partial charge in [0.2, 0.25) is 0 Å². The van der Waals surface area contributed by atoms with E-state index >= 15 is 0 Å². The summed E-state index contributed by atoms with van der Waals surface area (Å²) < 4.78 is 5.89. The van der Waals surface area contributed by atoms with Gasteiger partial charge in [-0.05, 0) is 38.0 Å². The number of hydrogen-bond donors (Lipinski definition) is 2. The van der Waals surface area contributed by atoms with E-state index in [1.807, 2.05) is 0 Å². The summed E-state index contributed by atoms with van der Waals surface area (Å²) in [6.45, 7) is 5.63. The van der Waals surface area contributed by atoms with Crippen molar-refractivity contribution < 1.29 is 9.84 Å². The van der Waals surface area contributed by atoms with Gasteiger partial charge in [0.05, 0.1) is 18.8 Å². The second-order valence-electron chi connectivity index (χ2n) is 6.78. The van der Waals surface area contributed by atoms with Crippen LogP contribution < -0.4 is 5.32 Å². The van der Waals surface area contributed by atoms with Gasteiger partial charge in [0.25, 0.3) is 0 Å². The van der Waals surface area contributed by atoms with Gasteiger partial charge in [0, 0.05) is 12.6 Å². The Morgan fingerprint density at radius 1 is 1.21 bits per heavy atom. The average Bonchev–Trinajstić information content (AvgIpc) is 3.19. The maximum absolute atomic E-state index is 9.98. The number of rotatable bonds is 8. The molecule has 2 fully saturated rings. The number of nitrogens with one attached hydrogen (secondary N) is 1. The van der Waals surface area contributed by atoms with Crippen LogP contribution in [0.15, 0.2) is 0 Å². The first kappa shape index (κ1) is 15.3. The van der Waals surface area contributed by atoms with E-state index in [0.717, 1.165) is 5.92 Å². The molecule has 0 bridgehead atoms. The molecule has 0 aromatic rings. The van der Waals surface area contributed by atoms with Crippen molar-refractivity contribution in [3.8, 4) is 0 Å². The molecular weight excluding hydrogens is 238 g/mol. The Balaban J connectivity index is 1.54. The van der Waals surface area contributed by atoms with Crippen molar-refractivity contribution in [1.29, 1.82) is 0 Å². The minimum atomic E-state index is -0.365. The van der Waals surface area contributed by atoms with E-state index in [9.17, 15) is 5.11 Å². The number of hydrogen-bond acceptors (Lipinski definition) is 3. The zero-order valence-electron chi connectivity index (χ0n) is 12.6. The Bertz CT molecular complexity index is 255. The molecule has 0 aromatic carbocycles. The van der Waals surface area contributed by atoms with Crippen LogP contribution in [0.4, 0.5) is 0 Å². The summed E-state index contributed by atoms with van der Waals surface area (Å²) in [7, 11) is 0. The van der Waals surface area contributed by atoms with Crippen LogP contribution in [0.2, 0.25) is 0 Å². The van der Waals surface area contributed by atoms with Gasteiger partial charge in [-0.2, -0.15) is 0 Å². The molecule has 0 spiro atoms. The second-order valence-corrected chi connectivity index (χ2v) is 6.78. The molecule has 2 saturated carbocycles. The topological polar surface area (TPSA) is 41.5 Å². The lowest BCUT2D eigenvalue weighted by molar-refractivity contribution is -0.0455. The lowest BCUT2D eigenvalue weighted by atomic mass is 9.88. The van der Waals surface area contributed by atoms with Crippen LogP contribution in [-0.2, 0) is 4.74 Å². The van der Waals surface area contributed by atoms with Gasteiger partial charge in [0.1, 0.15) is 0 Å². The first-order valence-electron chi connectivity index (χ1n) is 8.18. The fourth-order valence-corrected chi connectivity index (χ4v) is 3.10. The molecule has 0 heterocycles. The van der Waals surface area contributed by atoms with E-state index in [2.05, 4.69) is 19.2 Å². The summed E-state index contributed by atoms with van der Waals surface area (Å²) in [6, 6.07) is 0.524. The van der Waals surface area contributed by atoms with E-state index in [-0.39, 0.29) is 6.10 Å². The van der Waals surface area contributed by atoms with Crippen LogP contribution in [-0.4, -0.2) is 36.5 Å². The van der Waals surface area contributed by atoms with E-state index < -0.39 is 0 Å². The Labute approximate surface area is 118 Å². The zero-order chi connectivity index (χ0) is 13.7. The highest BCUT2D eigenvalue weighted by atomic mass is 16.5. The molecule has 0 aromatic heterocycles. The van der Waals surface area contributed by atoms with Crippen molar-refractivity contribution in [2.45, 2.75) is 77.0 Å². The largest absolute Gasteiger partial charge is 0.389 e. The Hall–Kier alpha value is -0.120. The summed E-state index contributed by atoms with van der Waals surface area (Å²) in [6.07, 6.45) is 9.12. The van der Waals surface area contributed by atoms with Gasteiger partial charge >= 0.3 is 0 Å². The van der Waals surface area contributed by atoms with E-state index in [1.54, 1.807) is 0 Å². The lowest BCUT2D eigenvalue weighted by Gasteiger charge is -2.29. The lowest BCUT2D eigenvalue weighted by Crippen LogP contribution is -2.38. The third kappa shape index (κ3) is 5.80. The molecule has 0 amide bonds. The predicted molar refractivity (Wildman–Crippen MR) is 78.2 cm³/mol. The van der Waals surface area contributed by atoms with Gasteiger partial charge in [-0.15, -0.1) is 0 Å². The fraction of sp³-hybridized carbons (Fsp3) is 1.00. The van der Waals surface area contributed by atoms with Gasteiger partial charge in [-0.1, -0.05) is 32.6 Å². The molecule has 0 saturated heterocycles. The Kier molecular flexibility index (Phi) is 6.11. The van der Waals surface area contributed by atoms with Crippen LogP contribution in [0, 0.1) is 11.8 Å². The van der Waals surface area contributed by atoms with Crippen molar-refractivity contribution in [2.75, 3.05) is 13.2 Å². The minimum absolute atomic E-state index is 0.365. The monoisotopic (exact) mass is 269 g/mol. The summed E-state index contributed by atoms with van der Waals surface area (Å²) in [5.74, 6) is 1.60. The normalized spacial score (nSPS) is 31.1. The standard InChI is InChI=1S/C16H31NO2/c1-12-5-3-4-6-16(12)19-11-15(18)10-17-13(2)9-14-7-8-14/h12-18H,3-11H2,1-2H3. The van der Waals surface area contributed by atoms with Crippen LogP contribution in [0.5, 0.6) is 0 Å². The molecule has 112 valence electrons. The third-order valence-electron chi connectivity index (χ3n) is 4.62. The summed E-state index contributed by atoms with van der Waals surface area (Å²) in [4.78, 5) is 0. The summed E-state index contributed by atoms with van der Waals surface area (Å²) in [5.41, 5.74) is 0. The summed E-state index contributed by atoms with van der Waals surface area (Å²) >= 11 is 0. The first-order chi connectivity index (χ1) is 9.15. The van der Waals surface area contributed by atoms with E-state index in [4.69, 9.17) is 4.74 Å². The molecule has 2 rings (SSSR count). The minimum Gasteiger partial charge on any atom is -0.389 e. The molecule has 19 heavy (non-hydrogen) atoms. The summed E-state index contributed by atoms with van der Waals surface area (Å²) in [5, 5.41) is 13.4. The quantitative estimate of drug-likeness (QED) is 0.712. The van der Waals surface area contributed by atoms with Gasteiger partial charge in [-0.25, -0.2) is 0 Å². The Morgan fingerprint density at radius 3 is 2.63 bits per heavy atom. The molecule has 2 aliphatic rings. The number of aliphatic hydroxyl groups is 1.